The molecule has 1 fully saturated rings. The van der Waals surface area contributed by atoms with Gasteiger partial charge in [0.2, 0.25) is 5.91 Å². The summed E-state index contributed by atoms with van der Waals surface area (Å²) in [5, 5.41) is 3.38. The number of carbonyl (C=O) groups excluding carboxylic acids is 1. The van der Waals surface area contributed by atoms with Crippen LogP contribution in [0.1, 0.15) is 47.0 Å². The van der Waals surface area contributed by atoms with Crippen molar-refractivity contribution < 1.29 is 9.53 Å². The van der Waals surface area contributed by atoms with Crippen LogP contribution in [-0.2, 0) is 9.53 Å². The molecule has 4 heteroatoms. The van der Waals surface area contributed by atoms with Crippen LogP contribution in [0.2, 0.25) is 0 Å². The Hall–Kier alpha value is -0.610. The summed E-state index contributed by atoms with van der Waals surface area (Å²) in [6.07, 6.45) is 2.97. The summed E-state index contributed by atoms with van der Waals surface area (Å²) in [6.45, 7) is 11.8. The van der Waals surface area contributed by atoms with Crippen LogP contribution in [0.4, 0.5) is 0 Å². The fourth-order valence-electron chi connectivity index (χ4n) is 3.29. The molecule has 0 aromatic rings. The summed E-state index contributed by atoms with van der Waals surface area (Å²) in [6, 6.07) is 0.328. The lowest BCUT2D eigenvalue weighted by Gasteiger charge is -2.40. The van der Waals surface area contributed by atoms with E-state index in [0.29, 0.717) is 31.0 Å². The van der Waals surface area contributed by atoms with Crippen molar-refractivity contribution in [2.75, 3.05) is 33.4 Å². The van der Waals surface area contributed by atoms with Gasteiger partial charge in [-0.25, -0.2) is 0 Å². The molecule has 1 aliphatic heterocycles. The highest BCUT2D eigenvalue weighted by Gasteiger charge is 2.46. The summed E-state index contributed by atoms with van der Waals surface area (Å²) in [5.41, 5.74) is -0.226. The normalized spacial score (nSPS) is 22.8. The molecule has 0 bridgehead atoms. The van der Waals surface area contributed by atoms with Crippen LogP contribution in [0.5, 0.6) is 0 Å². The molecule has 0 aliphatic carbocycles. The van der Waals surface area contributed by atoms with Crippen LogP contribution in [0.3, 0.4) is 0 Å². The summed E-state index contributed by atoms with van der Waals surface area (Å²) >= 11 is 0. The Morgan fingerprint density at radius 1 is 1.35 bits per heavy atom. The van der Waals surface area contributed by atoms with E-state index in [1.807, 2.05) is 0 Å². The smallest absolute Gasteiger partial charge is 0.230 e. The molecular weight excluding hydrogens is 252 g/mol. The summed E-state index contributed by atoms with van der Waals surface area (Å²) in [5.74, 6) is 0.688. The van der Waals surface area contributed by atoms with Crippen molar-refractivity contribution >= 4 is 5.91 Å². The lowest BCUT2D eigenvalue weighted by Crippen LogP contribution is -2.52. The maximum atomic E-state index is 13.2. The molecule has 0 spiro atoms. The number of nitrogens with zero attached hydrogens (tertiary/aromatic N) is 1. The Bertz CT molecular complexity index is 295. The van der Waals surface area contributed by atoms with Crippen LogP contribution < -0.4 is 5.32 Å². The zero-order valence-corrected chi connectivity index (χ0v) is 13.9. The van der Waals surface area contributed by atoms with Gasteiger partial charge < -0.3 is 15.0 Å². The first kappa shape index (κ1) is 17.4. The summed E-state index contributed by atoms with van der Waals surface area (Å²) in [4.78, 5) is 15.3. The van der Waals surface area contributed by atoms with Crippen LogP contribution in [0.25, 0.3) is 0 Å². The van der Waals surface area contributed by atoms with Gasteiger partial charge in [-0.05, 0) is 31.7 Å². The molecule has 0 saturated carbocycles. The average molecular weight is 284 g/mol. The van der Waals surface area contributed by atoms with Crippen molar-refractivity contribution in [3.8, 4) is 0 Å². The standard InChI is InChI=1S/C16H32N2O2/c1-6-14(7-2)18(10-11-20-5)15(19)16(13(3)4)8-9-17-12-16/h13-14,17H,6-12H2,1-5H3. The molecule has 0 aromatic heterocycles. The zero-order chi connectivity index (χ0) is 15.2. The number of rotatable bonds is 8. The second kappa shape index (κ2) is 7.99. The predicted octanol–water partition coefficient (Wildman–Crippen LogP) is 2.29. The number of nitrogens with one attached hydrogen (secondary N) is 1. The van der Waals surface area contributed by atoms with Gasteiger partial charge in [0, 0.05) is 26.2 Å². The molecule has 1 heterocycles. The van der Waals surface area contributed by atoms with E-state index in [1.165, 1.54) is 0 Å². The Labute approximate surface area is 124 Å². The lowest BCUT2D eigenvalue weighted by molar-refractivity contribution is -0.147. The lowest BCUT2D eigenvalue weighted by atomic mass is 9.75. The molecule has 0 aromatic carbocycles. The van der Waals surface area contributed by atoms with E-state index in [4.69, 9.17) is 4.74 Å². The number of ether oxygens (including phenoxy) is 1. The van der Waals surface area contributed by atoms with E-state index >= 15 is 0 Å². The SMILES string of the molecule is CCC(CC)N(CCOC)C(=O)C1(C(C)C)CCNC1. The van der Waals surface area contributed by atoms with Crippen molar-refractivity contribution in [1.82, 2.24) is 10.2 Å². The molecule has 1 amide bonds. The van der Waals surface area contributed by atoms with Crippen LogP contribution in [0.15, 0.2) is 0 Å². The predicted molar refractivity (Wildman–Crippen MR) is 82.7 cm³/mol. The van der Waals surface area contributed by atoms with Gasteiger partial charge in [-0.3, -0.25) is 4.79 Å². The Morgan fingerprint density at radius 2 is 2.00 bits per heavy atom. The molecule has 1 aliphatic rings. The first-order chi connectivity index (χ1) is 9.53. The number of amides is 1. The van der Waals surface area contributed by atoms with Crippen molar-refractivity contribution in [2.45, 2.75) is 53.0 Å². The molecule has 1 N–H and O–H groups in total. The maximum absolute atomic E-state index is 13.2. The van der Waals surface area contributed by atoms with Crippen molar-refractivity contribution in [2.24, 2.45) is 11.3 Å². The van der Waals surface area contributed by atoms with Crippen LogP contribution in [-0.4, -0.2) is 50.2 Å². The second-order valence-electron chi connectivity index (χ2n) is 6.20. The van der Waals surface area contributed by atoms with Crippen LogP contribution in [0, 0.1) is 11.3 Å². The van der Waals surface area contributed by atoms with E-state index in [0.717, 1.165) is 32.4 Å². The minimum absolute atomic E-state index is 0.226. The highest BCUT2D eigenvalue weighted by Crippen LogP contribution is 2.37. The third kappa shape index (κ3) is 3.53. The highest BCUT2D eigenvalue weighted by atomic mass is 16.5. The zero-order valence-electron chi connectivity index (χ0n) is 13.9. The van der Waals surface area contributed by atoms with E-state index in [2.05, 4.69) is 37.9 Å². The highest BCUT2D eigenvalue weighted by molar-refractivity contribution is 5.84. The average Bonchev–Trinajstić information content (AvgIpc) is 2.93. The minimum Gasteiger partial charge on any atom is -0.383 e. The fourth-order valence-corrected chi connectivity index (χ4v) is 3.29. The third-order valence-corrected chi connectivity index (χ3v) is 4.90. The van der Waals surface area contributed by atoms with Gasteiger partial charge in [-0.2, -0.15) is 0 Å². The van der Waals surface area contributed by atoms with Gasteiger partial charge in [-0.15, -0.1) is 0 Å². The van der Waals surface area contributed by atoms with E-state index in [-0.39, 0.29) is 5.41 Å². The number of hydrogen-bond donors (Lipinski definition) is 1. The minimum atomic E-state index is -0.226. The van der Waals surface area contributed by atoms with Crippen molar-refractivity contribution in [3.63, 3.8) is 0 Å². The third-order valence-electron chi connectivity index (χ3n) is 4.90. The Morgan fingerprint density at radius 3 is 2.40 bits per heavy atom. The Kier molecular flexibility index (Phi) is 6.96. The molecule has 20 heavy (non-hydrogen) atoms. The van der Waals surface area contributed by atoms with Gasteiger partial charge in [0.25, 0.3) is 0 Å². The first-order valence-corrected chi connectivity index (χ1v) is 8.04. The molecular formula is C16H32N2O2. The summed E-state index contributed by atoms with van der Waals surface area (Å²) in [7, 11) is 1.70. The van der Waals surface area contributed by atoms with Gasteiger partial charge in [0.1, 0.15) is 0 Å². The maximum Gasteiger partial charge on any atom is 0.230 e. The second-order valence-corrected chi connectivity index (χ2v) is 6.20. The molecule has 1 rings (SSSR count). The molecule has 1 unspecified atom stereocenters. The largest absolute Gasteiger partial charge is 0.383 e. The number of hydrogen-bond acceptors (Lipinski definition) is 3. The van der Waals surface area contributed by atoms with Crippen molar-refractivity contribution in [3.05, 3.63) is 0 Å². The molecule has 4 nitrogen and oxygen atoms in total. The van der Waals surface area contributed by atoms with Gasteiger partial charge in [0.05, 0.1) is 12.0 Å². The summed E-state index contributed by atoms with van der Waals surface area (Å²) < 4.78 is 5.21. The van der Waals surface area contributed by atoms with Gasteiger partial charge in [0.15, 0.2) is 0 Å². The number of methoxy groups -OCH3 is 1. The van der Waals surface area contributed by atoms with E-state index in [9.17, 15) is 4.79 Å². The Balaban J connectivity index is 2.95. The quantitative estimate of drug-likeness (QED) is 0.743. The van der Waals surface area contributed by atoms with Gasteiger partial charge in [-0.1, -0.05) is 27.7 Å². The fraction of sp³-hybridized carbons (Fsp3) is 0.938. The number of carbonyl (C=O) groups is 1. The monoisotopic (exact) mass is 284 g/mol. The topological polar surface area (TPSA) is 41.6 Å². The molecule has 118 valence electrons. The first-order valence-electron chi connectivity index (χ1n) is 8.04. The van der Waals surface area contributed by atoms with Gasteiger partial charge >= 0.3 is 0 Å². The molecule has 1 saturated heterocycles. The van der Waals surface area contributed by atoms with Crippen molar-refractivity contribution in [1.29, 1.82) is 0 Å². The van der Waals surface area contributed by atoms with Crippen LogP contribution >= 0.6 is 0 Å². The molecule has 0 radical (unpaired) electrons. The van der Waals surface area contributed by atoms with E-state index in [1.54, 1.807) is 7.11 Å². The van der Waals surface area contributed by atoms with E-state index < -0.39 is 0 Å². The molecule has 1 atom stereocenters.